The van der Waals surface area contributed by atoms with E-state index in [1.807, 2.05) is 54.3 Å². The second-order valence-electron chi connectivity index (χ2n) is 7.58. The van der Waals surface area contributed by atoms with Gasteiger partial charge in [0, 0.05) is 6.54 Å². The molecule has 1 aromatic carbocycles. The number of aliphatic carboxylic acids is 1. The van der Waals surface area contributed by atoms with Crippen molar-refractivity contribution in [3.8, 4) is 0 Å². The van der Waals surface area contributed by atoms with Gasteiger partial charge in [-0.15, -0.1) is 6.58 Å². The van der Waals surface area contributed by atoms with Gasteiger partial charge in [-0.05, 0) is 25.3 Å². The number of fused-ring (bicyclic) bond motifs is 1. The monoisotopic (exact) mass is 353 g/mol. The van der Waals surface area contributed by atoms with E-state index in [9.17, 15) is 14.7 Å². The number of carbonyl (C=O) groups is 2. The molecule has 2 saturated heterocycles. The molecule has 3 aliphatic heterocycles. The summed E-state index contributed by atoms with van der Waals surface area (Å²) in [7, 11) is 0. The molecule has 0 aliphatic carbocycles. The van der Waals surface area contributed by atoms with E-state index >= 15 is 0 Å². The topological polar surface area (TPSA) is 66.8 Å². The second kappa shape index (κ2) is 6.09. The molecule has 5 nitrogen and oxygen atoms in total. The number of hydrogen-bond acceptors (Lipinski definition) is 3. The van der Waals surface area contributed by atoms with E-state index < -0.39 is 29.5 Å². The van der Waals surface area contributed by atoms with Crippen LogP contribution in [0.3, 0.4) is 0 Å². The molecule has 1 amide bonds. The van der Waals surface area contributed by atoms with Crippen LogP contribution >= 0.6 is 0 Å². The molecule has 1 spiro atoms. The molecule has 3 aliphatic rings. The van der Waals surface area contributed by atoms with Crippen LogP contribution < -0.4 is 0 Å². The molecular formula is C21H23NO4. The highest BCUT2D eigenvalue weighted by Crippen LogP contribution is 2.55. The molecule has 2 bridgehead atoms. The minimum Gasteiger partial charge on any atom is -0.481 e. The molecule has 0 saturated carbocycles. The number of hydrogen-bond donors (Lipinski definition) is 1. The van der Waals surface area contributed by atoms with Crippen molar-refractivity contribution < 1.29 is 19.4 Å². The number of carbonyl (C=O) groups excluding carboxylic acids is 1. The fraction of sp³-hybridized carbons (Fsp3) is 0.429. The summed E-state index contributed by atoms with van der Waals surface area (Å²) in [5.41, 5.74) is 1.28. The van der Waals surface area contributed by atoms with Crippen molar-refractivity contribution in [2.75, 3.05) is 6.54 Å². The fourth-order valence-corrected chi connectivity index (χ4v) is 4.76. The summed E-state index contributed by atoms with van der Waals surface area (Å²) in [6.07, 6.45) is 4.57. The molecule has 4 rings (SSSR count). The highest BCUT2D eigenvalue weighted by atomic mass is 16.5. The van der Waals surface area contributed by atoms with E-state index in [0.29, 0.717) is 13.0 Å². The first-order chi connectivity index (χ1) is 12.4. The third-order valence-electron chi connectivity index (χ3n) is 5.84. The minimum absolute atomic E-state index is 0.105. The van der Waals surface area contributed by atoms with E-state index in [0.717, 1.165) is 17.6 Å². The highest BCUT2D eigenvalue weighted by Gasteiger charge is 2.70. The molecule has 136 valence electrons. The fourth-order valence-electron chi connectivity index (χ4n) is 4.76. The second-order valence-corrected chi connectivity index (χ2v) is 7.58. The Bertz CT molecular complexity index is 786. The van der Waals surface area contributed by atoms with Crippen LogP contribution in [0.15, 0.2) is 54.6 Å². The zero-order valence-electron chi connectivity index (χ0n) is 14.8. The summed E-state index contributed by atoms with van der Waals surface area (Å²) in [6, 6.07) is 9.80. The Balaban J connectivity index is 1.65. The van der Waals surface area contributed by atoms with E-state index in [-0.39, 0.29) is 11.9 Å². The summed E-state index contributed by atoms with van der Waals surface area (Å²) in [5.74, 6) is -2.51. The van der Waals surface area contributed by atoms with Gasteiger partial charge in [0.05, 0.1) is 18.1 Å². The van der Waals surface area contributed by atoms with E-state index in [1.54, 1.807) is 0 Å². The molecule has 1 N–H and O–H groups in total. The highest BCUT2D eigenvalue weighted by molar-refractivity contribution is 5.91. The summed E-state index contributed by atoms with van der Waals surface area (Å²) >= 11 is 0. The van der Waals surface area contributed by atoms with Crippen LogP contribution in [0.4, 0.5) is 0 Å². The van der Waals surface area contributed by atoms with Gasteiger partial charge >= 0.3 is 5.97 Å². The number of amides is 1. The Hall–Kier alpha value is -2.40. The van der Waals surface area contributed by atoms with Crippen LogP contribution in [-0.2, 0) is 20.7 Å². The van der Waals surface area contributed by atoms with Gasteiger partial charge < -0.3 is 14.7 Å². The van der Waals surface area contributed by atoms with Crippen molar-refractivity contribution in [1.29, 1.82) is 0 Å². The van der Waals surface area contributed by atoms with Gasteiger partial charge in [-0.25, -0.2) is 0 Å². The number of nitrogens with zero attached hydrogens (tertiary/aromatic N) is 1. The normalized spacial score (nSPS) is 34.3. The van der Waals surface area contributed by atoms with Crippen molar-refractivity contribution in [2.45, 2.75) is 37.5 Å². The average molecular weight is 353 g/mol. The molecule has 3 heterocycles. The SMILES string of the molecule is C=C(C)C[C@H]1N(CCc2ccccc2)C(=O)[C@H]2[C@@H](C(=O)O)[C@H]3C=C[C@@]21O3. The summed E-state index contributed by atoms with van der Waals surface area (Å²) in [4.78, 5) is 26.8. The molecular weight excluding hydrogens is 330 g/mol. The van der Waals surface area contributed by atoms with E-state index in [1.165, 1.54) is 0 Å². The van der Waals surface area contributed by atoms with Crippen molar-refractivity contribution in [1.82, 2.24) is 4.90 Å². The molecule has 26 heavy (non-hydrogen) atoms. The standard InChI is InChI=1S/C21H23NO4/c1-13(2)12-16-21-10-8-15(26-21)17(20(24)25)18(21)19(23)22(16)11-9-14-6-4-3-5-7-14/h3-8,10,15-18H,1,9,11-12H2,2H3,(H,24,25)/t15-,16-,17+,18-,21+/m1/s1. The zero-order chi connectivity index (χ0) is 18.5. The Labute approximate surface area is 152 Å². The average Bonchev–Trinajstić information content (AvgIpc) is 3.24. The number of carboxylic acids is 1. The number of carboxylic acid groups (broad SMARTS) is 1. The van der Waals surface area contributed by atoms with Crippen molar-refractivity contribution in [2.24, 2.45) is 11.8 Å². The van der Waals surface area contributed by atoms with E-state index in [4.69, 9.17) is 4.74 Å². The first-order valence-corrected chi connectivity index (χ1v) is 9.03. The van der Waals surface area contributed by atoms with Gasteiger partial charge in [-0.1, -0.05) is 48.1 Å². The molecule has 0 radical (unpaired) electrons. The molecule has 0 aromatic heterocycles. The summed E-state index contributed by atoms with van der Waals surface area (Å²) < 4.78 is 6.13. The third-order valence-corrected chi connectivity index (χ3v) is 5.84. The Morgan fingerprint density at radius 2 is 2.08 bits per heavy atom. The molecule has 1 aromatic rings. The predicted octanol–water partition coefficient (Wildman–Crippen LogP) is 2.43. The number of ether oxygens (including phenoxy) is 1. The van der Waals surface area contributed by atoms with Gasteiger partial charge in [0.15, 0.2) is 0 Å². The van der Waals surface area contributed by atoms with Gasteiger partial charge in [0.1, 0.15) is 11.5 Å². The Morgan fingerprint density at radius 1 is 1.35 bits per heavy atom. The van der Waals surface area contributed by atoms with Crippen LogP contribution in [0, 0.1) is 11.8 Å². The smallest absolute Gasteiger partial charge is 0.310 e. The summed E-state index contributed by atoms with van der Waals surface area (Å²) in [6.45, 7) is 6.49. The van der Waals surface area contributed by atoms with Crippen molar-refractivity contribution in [3.63, 3.8) is 0 Å². The molecule has 2 fully saturated rings. The van der Waals surface area contributed by atoms with Crippen molar-refractivity contribution in [3.05, 3.63) is 60.2 Å². The lowest BCUT2D eigenvalue weighted by Gasteiger charge is -2.33. The third kappa shape index (κ3) is 2.42. The lowest BCUT2D eigenvalue weighted by Crippen LogP contribution is -2.45. The largest absolute Gasteiger partial charge is 0.481 e. The first-order valence-electron chi connectivity index (χ1n) is 9.03. The van der Waals surface area contributed by atoms with Crippen LogP contribution in [0.5, 0.6) is 0 Å². The number of likely N-dealkylation sites (tertiary alicyclic amines) is 1. The molecule has 5 heteroatoms. The maximum Gasteiger partial charge on any atom is 0.310 e. The lowest BCUT2D eigenvalue weighted by molar-refractivity contribution is -0.148. The first kappa shape index (κ1) is 17.0. The van der Waals surface area contributed by atoms with Gasteiger partial charge in [-0.3, -0.25) is 9.59 Å². The quantitative estimate of drug-likeness (QED) is 0.798. The minimum atomic E-state index is -0.960. The van der Waals surface area contributed by atoms with Gasteiger partial charge in [0.2, 0.25) is 5.91 Å². The van der Waals surface area contributed by atoms with E-state index in [2.05, 4.69) is 6.58 Å². The van der Waals surface area contributed by atoms with Crippen LogP contribution in [-0.4, -0.2) is 46.2 Å². The molecule has 5 atom stereocenters. The maximum absolute atomic E-state index is 13.2. The van der Waals surface area contributed by atoms with Gasteiger partial charge in [0.25, 0.3) is 0 Å². The maximum atomic E-state index is 13.2. The van der Waals surface area contributed by atoms with Crippen molar-refractivity contribution >= 4 is 11.9 Å². The molecule has 0 unspecified atom stereocenters. The van der Waals surface area contributed by atoms with Crippen LogP contribution in [0.25, 0.3) is 0 Å². The number of benzene rings is 1. The summed E-state index contributed by atoms with van der Waals surface area (Å²) in [5, 5.41) is 9.66. The predicted molar refractivity (Wildman–Crippen MR) is 96.4 cm³/mol. The zero-order valence-corrected chi connectivity index (χ0v) is 14.8. The lowest BCUT2D eigenvalue weighted by atomic mass is 9.74. The Kier molecular flexibility index (Phi) is 3.99. The van der Waals surface area contributed by atoms with Gasteiger partial charge in [-0.2, -0.15) is 0 Å². The Morgan fingerprint density at radius 3 is 2.73 bits per heavy atom. The van der Waals surface area contributed by atoms with Crippen LogP contribution in [0.2, 0.25) is 0 Å². The number of rotatable bonds is 6. The van der Waals surface area contributed by atoms with Crippen LogP contribution in [0.1, 0.15) is 18.9 Å².